The molecule has 37 heavy (non-hydrogen) atoms. The standard InChI is InChI=1S/C26H26Cl2FN3O4S/c1-30-26(34)24(13-18-7-4-3-5-8-18)31(16-19-11-12-20(27)14-23(19)28)25(33)17-32(37(2,35)36)22-10-6-9-21(29)15-22/h3-12,14-15,24H,13,16-17H2,1-2H3,(H,30,34)/t24-/m1/s1. The van der Waals surface area contributed by atoms with Gasteiger partial charge in [-0.2, -0.15) is 0 Å². The minimum Gasteiger partial charge on any atom is -0.357 e. The summed E-state index contributed by atoms with van der Waals surface area (Å²) in [6, 6.07) is 17.8. The van der Waals surface area contributed by atoms with Crippen LogP contribution in [0.2, 0.25) is 10.0 Å². The van der Waals surface area contributed by atoms with Crippen LogP contribution in [0.3, 0.4) is 0 Å². The van der Waals surface area contributed by atoms with Crippen molar-refractivity contribution < 1.29 is 22.4 Å². The third kappa shape index (κ3) is 7.67. The first-order valence-electron chi connectivity index (χ1n) is 11.2. The molecular formula is C26H26Cl2FN3O4S. The summed E-state index contributed by atoms with van der Waals surface area (Å²) in [4.78, 5) is 28.1. The van der Waals surface area contributed by atoms with E-state index in [0.29, 0.717) is 10.6 Å². The van der Waals surface area contributed by atoms with Gasteiger partial charge in [0, 0.05) is 30.1 Å². The fourth-order valence-corrected chi connectivity index (χ4v) is 5.11. The number of nitrogens with zero attached hydrogens (tertiary/aromatic N) is 2. The lowest BCUT2D eigenvalue weighted by molar-refractivity contribution is -0.139. The van der Waals surface area contributed by atoms with Crippen molar-refractivity contribution in [2.24, 2.45) is 0 Å². The number of sulfonamides is 1. The Hall–Kier alpha value is -3.14. The van der Waals surface area contributed by atoms with Crippen LogP contribution in [0, 0.1) is 5.82 Å². The monoisotopic (exact) mass is 565 g/mol. The maximum absolute atomic E-state index is 13.9. The predicted octanol–water partition coefficient (Wildman–Crippen LogP) is 4.28. The Bertz CT molecular complexity index is 1370. The van der Waals surface area contributed by atoms with Gasteiger partial charge in [-0.25, -0.2) is 12.8 Å². The number of hydrogen-bond acceptors (Lipinski definition) is 4. The number of carbonyl (C=O) groups excluding carboxylic acids is 2. The lowest BCUT2D eigenvalue weighted by Gasteiger charge is -2.33. The zero-order chi connectivity index (χ0) is 27.2. The minimum absolute atomic E-state index is 0.0140. The smallest absolute Gasteiger partial charge is 0.244 e. The van der Waals surface area contributed by atoms with E-state index < -0.39 is 40.2 Å². The van der Waals surface area contributed by atoms with Gasteiger partial charge >= 0.3 is 0 Å². The molecule has 0 radical (unpaired) electrons. The van der Waals surface area contributed by atoms with Crippen molar-refractivity contribution in [1.82, 2.24) is 10.2 Å². The van der Waals surface area contributed by atoms with Crippen molar-refractivity contribution in [3.8, 4) is 0 Å². The molecule has 0 aromatic heterocycles. The zero-order valence-electron chi connectivity index (χ0n) is 20.2. The summed E-state index contributed by atoms with van der Waals surface area (Å²) in [5.74, 6) is -1.78. The van der Waals surface area contributed by atoms with E-state index in [1.807, 2.05) is 30.3 Å². The molecule has 3 aromatic rings. The molecule has 0 fully saturated rings. The Morgan fingerprint density at radius 2 is 1.70 bits per heavy atom. The van der Waals surface area contributed by atoms with Gasteiger partial charge in [-0.15, -0.1) is 0 Å². The maximum Gasteiger partial charge on any atom is 0.244 e. The van der Waals surface area contributed by atoms with Gasteiger partial charge in [0.05, 0.1) is 11.9 Å². The topological polar surface area (TPSA) is 86.8 Å². The molecule has 196 valence electrons. The lowest BCUT2D eigenvalue weighted by atomic mass is 10.0. The molecule has 3 aromatic carbocycles. The number of hydrogen-bond donors (Lipinski definition) is 1. The summed E-state index contributed by atoms with van der Waals surface area (Å²) < 4.78 is 39.9. The second-order valence-corrected chi connectivity index (χ2v) is 11.1. The molecule has 1 atom stereocenters. The average molecular weight is 566 g/mol. The van der Waals surface area contributed by atoms with Gasteiger partial charge in [0.2, 0.25) is 21.8 Å². The van der Waals surface area contributed by atoms with Crippen molar-refractivity contribution >= 4 is 50.7 Å². The molecule has 0 saturated heterocycles. The van der Waals surface area contributed by atoms with Gasteiger partial charge in [-0.3, -0.25) is 13.9 Å². The van der Waals surface area contributed by atoms with Crippen LogP contribution in [0.1, 0.15) is 11.1 Å². The minimum atomic E-state index is -3.99. The molecule has 2 amide bonds. The Morgan fingerprint density at radius 3 is 2.30 bits per heavy atom. The molecule has 0 aliphatic heterocycles. The number of rotatable bonds is 10. The highest BCUT2D eigenvalue weighted by atomic mass is 35.5. The van der Waals surface area contributed by atoms with Crippen molar-refractivity contribution in [1.29, 1.82) is 0 Å². The molecular weight excluding hydrogens is 540 g/mol. The van der Waals surface area contributed by atoms with Crippen LogP contribution >= 0.6 is 23.2 Å². The van der Waals surface area contributed by atoms with Crippen molar-refractivity contribution in [3.05, 3.63) is 99.8 Å². The molecule has 0 bridgehead atoms. The Morgan fingerprint density at radius 1 is 1.00 bits per heavy atom. The van der Waals surface area contributed by atoms with Gasteiger partial charge in [-0.1, -0.05) is 65.7 Å². The first-order valence-corrected chi connectivity index (χ1v) is 13.8. The van der Waals surface area contributed by atoms with Crippen LogP contribution < -0.4 is 9.62 Å². The molecule has 0 heterocycles. The number of carbonyl (C=O) groups is 2. The highest BCUT2D eigenvalue weighted by molar-refractivity contribution is 7.92. The molecule has 0 aliphatic rings. The van der Waals surface area contributed by atoms with Crippen LogP contribution in [0.15, 0.2) is 72.8 Å². The molecule has 1 N–H and O–H groups in total. The van der Waals surface area contributed by atoms with Crippen LogP contribution in [0.25, 0.3) is 0 Å². The third-order valence-corrected chi connectivity index (χ3v) is 7.38. The normalized spacial score (nSPS) is 12.0. The van der Waals surface area contributed by atoms with Gasteiger partial charge in [-0.05, 0) is 41.5 Å². The fraction of sp³-hybridized carbons (Fsp3) is 0.231. The van der Waals surface area contributed by atoms with Crippen LogP contribution in [0.5, 0.6) is 0 Å². The van der Waals surface area contributed by atoms with E-state index in [2.05, 4.69) is 5.32 Å². The predicted molar refractivity (Wildman–Crippen MR) is 144 cm³/mol. The molecule has 11 heteroatoms. The first kappa shape index (κ1) is 28.4. The Balaban J connectivity index is 2.05. The summed E-state index contributed by atoms with van der Waals surface area (Å²) in [6.07, 6.45) is 1.09. The number of anilines is 1. The van der Waals surface area contributed by atoms with Crippen molar-refractivity contribution in [2.45, 2.75) is 19.0 Å². The van der Waals surface area contributed by atoms with E-state index in [1.165, 1.54) is 36.2 Å². The summed E-state index contributed by atoms with van der Waals surface area (Å²) in [7, 11) is -2.53. The van der Waals surface area contributed by atoms with Gasteiger partial charge < -0.3 is 10.2 Å². The van der Waals surface area contributed by atoms with E-state index in [-0.39, 0.29) is 23.7 Å². The van der Waals surface area contributed by atoms with Gasteiger partial charge in [0.15, 0.2) is 0 Å². The summed E-state index contributed by atoms with van der Waals surface area (Å²) in [5.41, 5.74) is 1.29. The van der Waals surface area contributed by atoms with Crippen molar-refractivity contribution in [2.75, 3.05) is 24.2 Å². The second kappa shape index (κ2) is 12.4. The maximum atomic E-state index is 13.9. The van der Waals surface area contributed by atoms with Gasteiger partial charge in [0.25, 0.3) is 0 Å². The second-order valence-electron chi connectivity index (χ2n) is 8.33. The molecule has 0 saturated carbocycles. The Labute approximate surface area is 225 Å². The van der Waals surface area contributed by atoms with Crippen LogP contribution in [-0.4, -0.2) is 51.0 Å². The number of nitrogens with one attached hydrogen (secondary N) is 1. The number of amides is 2. The summed E-state index contributed by atoms with van der Waals surface area (Å²) in [5, 5.41) is 3.26. The molecule has 0 spiro atoms. The van der Waals surface area contributed by atoms with Crippen LogP contribution in [-0.2, 0) is 32.6 Å². The highest BCUT2D eigenvalue weighted by Crippen LogP contribution is 2.25. The number of benzene rings is 3. The molecule has 0 unspecified atom stereocenters. The van der Waals surface area contributed by atoms with E-state index in [9.17, 15) is 22.4 Å². The number of likely N-dealkylation sites (N-methyl/N-ethyl adjacent to an activating group) is 1. The lowest BCUT2D eigenvalue weighted by Crippen LogP contribution is -2.52. The van der Waals surface area contributed by atoms with E-state index in [0.717, 1.165) is 22.2 Å². The fourth-order valence-electron chi connectivity index (χ4n) is 3.80. The first-order chi connectivity index (χ1) is 17.5. The highest BCUT2D eigenvalue weighted by Gasteiger charge is 2.33. The third-order valence-electron chi connectivity index (χ3n) is 5.65. The largest absolute Gasteiger partial charge is 0.357 e. The SMILES string of the molecule is CNC(=O)[C@@H](Cc1ccccc1)N(Cc1ccc(Cl)cc1Cl)C(=O)CN(c1cccc(F)c1)S(C)(=O)=O. The molecule has 0 aliphatic carbocycles. The van der Waals surface area contributed by atoms with Crippen molar-refractivity contribution in [3.63, 3.8) is 0 Å². The van der Waals surface area contributed by atoms with Gasteiger partial charge in [0.1, 0.15) is 18.4 Å². The van der Waals surface area contributed by atoms with Crippen LogP contribution in [0.4, 0.5) is 10.1 Å². The molecule has 7 nitrogen and oxygen atoms in total. The number of halogens is 3. The quantitative estimate of drug-likeness (QED) is 0.397. The zero-order valence-corrected chi connectivity index (χ0v) is 22.5. The van der Waals surface area contributed by atoms with E-state index >= 15 is 0 Å². The van der Waals surface area contributed by atoms with E-state index in [1.54, 1.807) is 12.1 Å². The summed E-state index contributed by atoms with van der Waals surface area (Å²) in [6.45, 7) is -0.754. The Kier molecular flexibility index (Phi) is 9.53. The van der Waals surface area contributed by atoms with E-state index in [4.69, 9.17) is 23.2 Å². The summed E-state index contributed by atoms with van der Waals surface area (Å²) >= 11 is 12.4. The average Bonchev–Trinajstić information content (AvgIpc) is 2.85. The molecule has 3 rings (SSSR count).